The molecule has 0 aromatic carbocycles. The molecule has 10 heavy (non-hydrogen) atoms. The van der Waals surface area contributed by atoms with Crippen molar-refractivity contribution < 1.29 is 0 Å². The normalized spacial score (nSPS) is 13.4. The Morgan fingerprint density at radius 1 is 1.60 bits per heavy atom. The van der Waals surface area contributed by atoms with Crippen molar-refractivity contribution in [1.29, 1.82) is 0 Å². The van der Waals surface area contributed by atoms with Crippen molar-refractivity contribution in [2.45, 2.75) is 32.7 Å². The van der Waals surface area contributed by atoms with Crippen LogP contribution in [0.25, 0.3) is 0 Å². The lowest BCUT2D eigenvalue weighted by Crippen LogP contribution is -2.05. The van der Waals surface area contributed by atoms with E-state index in [1.165, 1.54) is 6.42 Å². The fraction of sp³-hybridized carbons (Fsp3) is 0.833. The molecule has 56 valence electrons. The number of hydrogen-bond donors (Lipinski definition) is 0. The van der Waals surface area contributed by atoms with Gasteiger partial charge in [0.2, 0.25) is 0 Å². The minimum absolute atomic E-state index is 0.431. The van der Waals surface area contributed by atoms with Crippen molar-refractivity contribution in [3.8, 4) is 0 Å². The molecule has 0 N–H and O–H groups in total. The van der Waals surface area contributed by atoms with E-state index in [1.54, 1.807) is 11.0 Å². The molecule has 0 radical (unpaired) electrons. The molecule has 0 saturated heterocycles. The Morgan fingerprint density at radius 2 is 2.40 bits per heavy atom. The van der Waals surface area contributed by atoms with Gasteiger partial charge in [0.1, 0.15) is 6.33 Å². The first-order valence-electron chi connectivity index (χ1n) is 3.57. The standard InChI is InChI=1S/C6H12N4/c1-3-4-6(2)10-5-7-8-9-10/h5-6H,3-4H2,1-2H3. The van der Waals surface area contributed by atoms with Gasteiger partial charge in [-0.25, -0.2) is 4.68 Å². The van der Waals surface area contributed by atoms with Gasteiger partial charge in [-0.1, -0.05) is 13.3 Å². The van der Waals surface area contributed by atoms with E-state index in [2.05, 4.69) is 29.4 Å². The molecule has 1 heterocycles. The molecule has 1 unspecified atom stereocenters. The molecule has 0 fully saturated rings. The molecule has 1 atom stereocenters. The van der Waals surface area contributed by atoms with Crippen molar-refractivity contribution in [1.82, 2.24) is 20.2 Å². The smallest absolute Gasteiger partial charge is 0.138 e. The van der Waals surface area contributed by atoms with E-state index < -0.39 is 0 Å². The molecular formula is C6H12N4. The second-order valence-corrected chi connectivity index (χ2v) is 2.43. The highest BCUT2D eigenvalue weighted by molar-refractivity contribution is 4.58. The van der Waals surface area contributed by atoms with Crippen LogP contribution in [0.4, 0.5) is 0 Å². The van der Waals surface area contributed by atoms with Crippen LogP contribution in [0.2, 0.25) is 0 Å². The van der Waals surface area contributed by atoms with Crippen molar-refractivity contribution in [2.24, 2.45) is 0 Å². The molecule has 0 aliphatic carbocycles. The molecule has 0 bridgehead atoms. The zero-order chi connectivity index (χ0) is 7.40. The van der Waals surface area contributed by atoms with Gasteiger partial charge < -0.3 is 0 Å². The predicted octanol–water partition coefficient (Wildman–Crippen LogP) is 1.03. The lowest BCUT2D eigenvalue weighted by molar-refractivity contribution is 0.443. The Morgan fingerprint density at radius 3 is 2.90 bits per heavy atom. The summed E-state index contributed by atoms with van der Waals surface area (Å²) < 4.78 is 1.78. The lowest BCUT2D eigenvalue weighted by Gasteiger charge is -2.06. The van der Waals surface area contributed by atoms with E-state index in [-0.39, 0.29) is 0 Å². The fourth-order valence-corrected chi connectivity index (χ4v) is 0.920. The molecule has 0 spiro atoms. The molecule has 4 nitrogen and oxygen atoms in total. The van der Waals surface area contributed by atoms with Crippen LogP contribution in [-0.4, -0.2) is 20.2 Å². The molecule has 1 aromatic heterocycles. The van der Waals surface area contributed by atoms with Gasteiger partial charge in [-0.3, -0.25) is 0 Å². The zero-order valence-corrected chi connectivity index (χ0v) is 6.36. The minimum atomic E-state index is 0.431. The fourth-order valence-electron chi connectivity index (χ4n) is 0.920. The first-order chi connectivity index (χ1) is 4.84. The summed E-state index contributed by atoms with van der Waals surface area (Å²) >= 11 is 0. The van der Waals surface area contributed by atoms with E-state index in [1.807, 2.05) is 0 Å². The van der Waals surface area contributed by atoms with Gasteiger partial charge in [-0.15, -0.1) is 5.10 Å². The van der Waals surface area contributed by atoms with E-state index >= 15 is 0 Å². The van der Waals surface area contributed by atoms with Gasteiger partial charge in [0.25, 0.3) is 0 Å². The van der Waals surface area contributed by atoms with Crippen LogP contribution in [0.5, 0.6) is 0 Å². The summed E-state index contributed by atoms with van der Waals surface area (Å²) in [6, 6.07) is 0.431. The zero-order valence-electron chi connectivity index (χ0n) is 6.36. The summed E-state index contributed by atoms with van der Waals surface area (Å²) in [7, 11) is 0. The quantitative estimate of drug-likeness (QED) is 0.630. The average molecular weight is 140 g/mol. The van der Waals surface area contributed by atoms with Gasteiger partial charge in [-0.05, 0) is 23.8 Å². The van der Waals surface area contributed by atoms with Crippen LogP contribution in [0.1, 0.15) is 32.7 Å². The van der Waals surface area contributed by atoms with Crippen LogP contribution >= 0.6 is 0 Å². The van der Waals surface area contributed by atoms with Crippen LogP contribution in [0.3, 0.4) is 0 Å². The first-order valence-corrected chi connectivity index (χ1v) is 3.57. The maximum absolute atomic E-state index is 3.79. The van der Waals surface area contributed by atoms with E-state index in [0.29, 0.717) is 6.04 Å². The minimum Gasteiger partial charge on any atom is -0.230 e. The van der Waals surface area contributed by atoms with Gasteiger partial charge in [0, 0.05) is 0 Å². The highest BCUT2D eigenvalue weighted by atomic mass is 15.5. The molecule has 4 heteroatoms. The highest BCUT2D eigenvalue weighted by Gasteiger charge is 2.02. The van der Waals surface area contributed by atoms with E-state index in [9.17, 15) is 0 Å². The molecule has 0 aliphatic heterocycles. The van der Waals surface area contributed by atoms with E-state index in [4.69, 9.17) is 0 Å². The van der Waals surface area contributed by atoms with Gasteiger partial charge in [0.15, 0.2) is 0 Å². The summed E-state index contributed by atoms with van der Waals surface area (Å²) in [4.78, 5) is 0. The maximum atomic E-state index is 3.79. The van der Waals surface area contributed by atoms with E-state index in [0.717, 1.165) is 6.42 Å². The second kappa shape index (κ2) is 3.29. The van der Waals surface area contributed by atoms with Crippen LogP contribution in [-0.2, 0) is 0 Å². The first kappa shape index (κ1) is 7.18. The van der Waals surface area contributed by atoms with Crippen LogP contribution < -0.4 is 0 Å². The molecule has 1 rings (SSSR count). The van der Waals surface area contributed by atoms with Gasteiger partial charge in [0.05, 0.1) is 6.04 Å². The van der Waals surface area contributed by atoms with Gasteiger partial charge >= 0.3 is 0 Å². The van der Waals surface area contributed by atoms with Crippen LogP contribution in [0, 0.1) is 0 Å². The highest BCUT2D eigenvalue weighted by Crippen LogP contribution is 2.08. The van der Waals surface area contributed by atoms with Crippen molar-refractivity contribution >= 4 is 0 Å². The topological polar surface area (TPSA) is 43.6 Å². The maximum Gasteiger partial charge on any atom is 0.138 e. The van der Waals surface area contributed by atoms with Crippen molar-refractivity contribution in [2.75, 3.05) is 0 Å². The summed E-state index contributed by atoms with van der Waals surface area (Å²) in [5.41, 5.74) is 0. The third-order valence-corrected chi connectivity index (χ3v) is 1.52. The largest absolute Gasteiger partial charge is 0.230 e. The Hall–Kier alpha value is -0.930. The molecule has 0 aliphatic rings. The lowest BCUT2D eigenvalue weighted by atomic mass is 10.2. The second-order valence-electron chi connectivity index (χ2n) is 2.43. The van der Waals surface area contributed by atoms with Crippen molar-refractivity contribution in [3.63, 3.8) is 0 Å². The molecular weight excluding hydrogens is 128 g/mol. The third-order valence-electron chi connectivity index (χ3n) is 1.52. The SMILES string of the molecule is CCCC(C)n1cnnn1. The number of tetrazole rings is 1. The Bertz CT molecular complexity index is 170. The monoisotopic (exact) mass is 140 g/mol. The Balaban J connectivity index is 2.50. The Kier molecular flexibility index (Phi) is 2.36. The number of nitrogens with zero attached hydrogens (tertiary/aromatic N) is 4. The summed E-state index contributed by atoms with van der Waals surface area (Å²) in [5.74, 6) is 0. The number of aromatic nitrogens is 4. The summed E-state index contributed by atoms with van der Waals surface area (Å²) in [6.07, 6.45) is 3.95. The van der Waals surface area contributed by atoms with Crippen LogP contribution in [0.15, 0.2) is 6.33 Å². The summed E-state index contributed by atoms with van der Waals surface area (Å²) in [6.45, 7) is 4.26. The predicted molar refractivity (Wildman–Crippen MR) is 37.4 cm³/mol. The number of rotatable bonds is 3. The molecule has 0 amide bonds. The average Bonchev–Trinajstić information content (AvgIpc) is 2.38. The summed E-state index contributed by atoms with van der Waals surface area (Å²) in [5, 5.41) is 10.9. The molecule has 1 aromatic rings. The van der Waals surface area contributed by atoms with Gasteiger partial charge in [-0.2, -0.15) is 0 Å². The molecule has 0 saturated carbocycles. The van der Waals surface area contributed by atoms with Crippen molar-refractivity contribution in [3.05, 3.63) is 6.33 Å². The Labute approximate surface area is 60.2 Å². The number of hydrogen-bond acceptors (Lipinski definition) is 3. The third kappa shape index (κ3) is 1.52.